The van der Waals surface area contributed by atoms with Gasteiger partial charge in [-0.25, -0.2) is 4.39 Å². The van der Waals surface area contributed by atoms with Crippen LogP contribution >= 0.6 is 0 Å². The summed E-state index contributed by atoms with van der Waals surface area (Å²) in [6.07, 6.45) is 15.4. The fraction of sp³-hybridized carbons (Fsp3) is 0.469. The standard InChI is InChI=1S/C49H73FN8/c1-12-14-23-47(36(6)52-11)58-39(9)42-21-20-22-45(49(42)40(58)10)55-27-19-17-15-16-18-26-53-34(4)32-57(13-2)29-28-54-37(7)48-35(5)46(56-38(48)8)30-33(3)43-31-41(50)24-25-44(43)51/h12,20-22,24,30-31,35,44,46-47,52-56H,1,4,6-7,9-10,13-19,23,25-29,32,51H2,2-3,5,8,11H3/b33-30+. The van der Waals surface area contributed by atoms with Gasteiger partial charge in [-0.2, -0.15) is 0 Å². The van der Waals surface area contributed by atoms with Crippen LogP contribution in [0.1, 0.15) is 85.1 Å². The van der Waals surface area contributed by atoms with Crippen molar-refractivity contribution in [3.63, 3.8) is 0 Å². The SMILES string of the molecule is C=CCCC(C(=C)NC)n1c(=C)c2cccc(NCCCCCCCNC(=C)CN(CC)CCNC(=C)C3=C(C)NC(/C=C(\C)C4=CC(F)=CCC4N)C3C)c2c1=C. The molecule has 4 atom stereocenters. The van der Waals surface area contributed by atoms with E-state index in [1.165, 1.54) is 24.8 Å². The van der Waals surface area contributed by atoms with Crippen molar-refractivity contribution in [2.75, 3.05) is 51.6 Å². The Kier molecular flexibility index (Phi) is 17.8. The third kappa shape index (κ3) is 11.9. The molecule has 316 valence electrons. The predicted molar refractivity (Wildman–Crippen MR) is 249 cm³/mol. The van der Waals surface area contributed by atoms with Gasteiger partial charge in [0.05, 0.1) is 12.1 Å². The number of nitrogens with two attached hydrogens (primary N) is 1. The number of halogens is 1. The highest BCUT2D eigenvalue weighted by molar-refractivity contribution is 5.94. The Morgan fingerprint density at radius 1 is 1.07 bits per heavy atom. The van der Waals surface area contributed by atoms with Crippen LogP contribution in [0.3, 0.4) is 0 Å². The lowest BCUT2D eigenvalue weighted by atomic mass is 9.89. The van der Waals surface area contributed by atoms with Crippen molar-refractivity contribution in [1.82, 2.24) is 30.7 Å². The molecule has 58 heavy (non-hydrogen) atoms. The maximum atomic E-state index is 14.0. The minimum Gasteiger partial charge on any atom is -0.390 e. The average molecular weight is 793 g/mol. The molecular formula is C49H73FN8. The number of likely N-dealkylation sites (N-methyl/N-ethyl adjacent to an activating group) is 2. The van der Waals surface area contributed by atoms with E-state index in [9.17, 15) is 4.39 Å². The Bertz CT molecular complexity index is 2000. The predicted octanol–water partition coefficient (Wildman–Crippen LogP) is 7.93. The van der Waals surface area contributed by atoms with Gasteiger partial charge in [0.25, 0.3) is 0 Å². The van der Waals surface area contributed by atoms with E-state index in [0.717, 1.165) is 126 Å². The van der Waals surface area contributed by atoms with Gasteiger partial charge in [-0.1, -0.05) is 90.3 Å². The monoisotopic (exact) mass is 793 g/mol. The number of nitrogens with zero attached hydrogens (tertiary/aromatic N) is 2. The molecule has 0 bridgehead atoms. The number of rotatable bonds is 26. The Morgan fingerprint density at radius 3 is 2.50 bits per heavy atom. The van der Waals surface area contributed by atoms with Crippen LogP contribution in [0.15, 0.2) is 114 Å². The lowest BCUT2D eigenvalue weighted by molar-refractivity contribution is 0.308. The van der Waals surface area contributed by atoms with Crippen molar-refractivity contribution >= 4 is 29.6 Å². The summed E-state index contributed by atoms with van der Waals surface area (Å²) in [7, 11) is 1.92. The molecule has 0 saturated heterocycles. The second-order valence-corrected chi connectivity index (χ2v) is 16.0. The minimum atomic E-state index is -0.211. The summed E-state index contributed by atoms with van der Waals surface area (Å²) in [5.41, 5.74) is 14.6. The van der Waals surface area contributed by atoms with Gasteiger partial charge < -0.3 is 36.9 Å². The van der Waals surface area contributed by atoms with Gasteiger partial charge in [0.1, 0.15) is 5.83 Å². The molecule has 1 aliphatic heterocycles. The Morgan fingerprint density at radius 2 is 1.79 bits per heavy atom. The van der Waals surface area contributed by atoms with Gasteiger partial charge >= 0.3 is 0 Å². The molecule has 2 aliphatic rings. The molecule has 7 N–H and O–H groups in total. The molecule has 2 heterocycles. The normalized spacial score (nSPS) is 18.8. The van der Waals surface area contributed by atoms with E-state index in [1.54, 1.807) is 12.2 Å². The van der Waals surface area contributed by atoms with Crippen molar-refractivity contribution in [1.29, 1.82) is 0 Å². The number of aromatic nitrogens is 1. The molecule has 0 spiro atoms. The van der Waals surface area contributed by atoms with Gasteiger partial charge in [-0.3, -0.25) is 4.90 Å². The van der Waals surface area contributed by atoms with Crippen molar-refractivity contribution < 1.29 is 4.39 Å². The average Bonchev–Trinajstić information content (AvgIpc) is 3.63. The number of anilines is 1. The topological polar surface area (TPSA) is 94.3 Å². The van der Waals surface area contributed by atoms with E-state index in [1.807, 2.05) is 20.0 Å². The summed E-state index contributed by atoms with van der Waals surface area (Å²) in [6, 6.07) is 6.38. The number of hydrogen-bond donors (Lipinski definition) is 6. The molecule has 8 nitrogen and oxygen atoms in total. The molecule has 2 aromatic rings. The van der Waals surface area contributed by atoms with Crippen LogP contribution in [-0.4, -0.2) is 67.9 Å². The third-order valence-electron chi connectivity index (χ3n) is 11.8. The van der Waals surface area contributed by atoms with Crippen molar-refractivity contribution in [3.05, 3.63) is 125 Å². The lowest BCUT2D eigenvalue weighted by Crippen LogP contribution is -2.36. The number of benzene rings is 1. The zero-order valence-corrected chi connectivity index (χ0v) is 36.3. The van der Waals surface area contributed by atoms with Crippen LogP contribution in [0.5, 0.6) is 0 Å². The molecule has 0 radical (unpaired) electrons. The molecule has 1 aromatic heterocycles. The molecule has 0 saturated carbocycles. The molecule has 0 fully saturated rings. The van der Waals surface area contributed by atoms with Crippen molar-refractivity contribution in [3.8, 4) is 0 Å². The van der Waals surface area contributed by atoms with E-state index >= 15 is 0 Å². The Labute approximate surface area is 349 Å². The summed E-state index contributed by atoms with van der Waals surface area (Å²) in [4.78, 5) is 2.40. The lowest BCUT2D eigenvalue weighted by Gasteiger charge is -2.24. The minimum absolute atomic E-state index is 0.0629. The van der Waals surface area contributed by atoms with E-state index < -0.39 is 0 Å². The number of allylic oxidation sites excluding steroid dienone is 6. The van der Waals surface area contributed by atoms with Crippen LogP contribution in [0.4, 0.5) is 10.1 Å². The van der Waals surface area contributed by atoms with Gasteiger partial charge in [-0.05, 0) is 87.4 Å². The van der Waals surface area contributed by atoms with Crippen LogP contribution in [0.2, 0.25) is 0 Å². The summed E-state index contributed by atoms with van der Waals surface area (Å²) >= 11 is 0. The van der Waals surface area contributed by atoms with Gasteiger partial charge in [0.15, 0.2) is 0 Å². The summed E-state index contributed by atoms with van der Waals surface area (Å²) < 4.78 is 16.2. The second-order valence-electron chi connectivity index (χ2n) is 16.0. The van der Waals surface area contributed by atoms with Crippen molar-refractivity contribution in [2.24, 2.45) is 11.7 Å². The number of fused-ring (bicyclic) bond motifs is 1. The largest absolute Gasteiger partial charge is 0.390 e. The van der Waals surface area contributed by atoms with Crippen LogP contribution in [0, 0.1) is 5.92 Å². The highest BCUT2D eigenvalue weighted by Crippen LogP contribution is 2.32. The zero-order chi connectivity index (χ0) is 42.4. The smallest absolute Gasteiger partial charge is 0.119 e. The van der Waals surface area contributed by atoms with Crippen molar-refractivity contribution in [2.45, 2.75) is 97.2 Å². The van der Waals surface area contributed by atoms with E-state index in [0.29, 0.717) is 6.42 Å². The molecule has 4 rings (SSSR count). The molecule has 1 aliphatic carbocycles. The highest BCUT2D eigenvalue weighted by Gasteiger charge is 2.30. The summed E-state index contributed by atoms with van der Waals surface area (Å²) in [6.45, 7) is 39.7. The van der Waals surface area contributed by atoms with Gasteiger partial charge in [-0.15, -0.1) is 6.58 Å². The van der Waals surface area contributed by atoms with Crippen LogP contribution < -0.4 is 43.0 Å². The second kappa shape index (κ2) is 22.4. The Hall–Kier alpha value is -4.73. The van der Waals surface area contributed by atoms with E-state index in [-0.39, 0.29) is 29.9 Å². The van der Waals surface area contributed by atoms with Crippen LogP contribution in [-0.2, 0) is 0 Å². The summed E-state index contributed by atoms with van der Waals surface area (Å²) in [5.74, 6) is 0.0106. The molecular weight excluding hydrogens is 720 g/mol. The first-order valence-corrected chi connectivity index (χ1v) is 21.4. The van der Waals surface area contributed by atoms with Gasteiger partial charge in [0, 0.05) is 102 Å². The molecule has 1 aromatic carbocycles. The summed E-state index contributed by atoms with van der Waals surface area (Å²) in [5, 5.41) is 21.9. The zero-order valence-electron chi connectivity index (χ0n) is 36.3. The number of unbranched alkanes of at least 4 members (excludes halogenated alkanes) is 4. The van der Waals surface area contributed by atoms with Crippen LogP contribution in [0.25, 0.3) is 23.9 Å². The first-order chi connectivity index (χ1) is 27.8. The molecule has 0 amide bonds. The fourth-order valence-electron chi connectivity index (χ4n) is 8.46. The highest BCUT2D eigenvalue weighted by atomic mass is 19.1. The van der Waals surface area contributed by atoms with Gasteiger partial charge in [0.2, 0.25) is 0 Å². The molecule has 4 unspecified atom stereocenters. The quantitative estimate of drug-likeness (QED) is 0.0426. The Balaban J connectivity index is 1.12. The maximum Gasteiger partial charge on any atom is 0.119 e. The van der Waals surface area contributed by atoms with E-state index in [4.69, 9.17) is 5.73 Å². The number of hydrogen-bond acceptors (Lipinski definition) is 7. The first kappa shape index (κ1) is 46.0. The fourth-order valence-corrected chi connectivity index (χ4v) is 8.46. The number of nitrogens with one attached hydrogen (secondary N) is 5. The molecule has 9 heteroatoms. The van der Waals surface area contributed by atoms with E-state index in [2.05, 4.69) is 121 Å². The third-order valence-corrected chi connectivity index (χ3v) is 11.8. The maximum absolute atomic E-state index is 14.0. The first-order valence-electron chi connectivity index (χ1n) is 21.4.